The lowest BCUT2D eigenvalue weighted by Crippen LogP contribution is -2.07. The first-order valence-electron chi connectivity index (χ1n) is 6.25. The van der Waals surface area contributed by atoms with Crippen LogP contribution in [0.4, 0.5) is 0 Å². The predicted molar refractivity (Wildman–Crippen MR) is 75.6 cm³/mol. The molecule has 0 aromatic heterocycles. The Hall–Kier alpha value is -2.49. The van der Waals surface area contributed by atoms with Crippen molar-refractivity contribution in [2.75, 3.05) is 7.11 Å². The molecule has 1 atom stereocenters. The zero-order valence-corrected chi connectivity index (χ0v) is 11.4. The molecule has 0 saturated carbocycles. The minimum atomic E-state index is -0.862. The first-order chi connectivity index (χ1) is 9.61. The van der Waals surface area contributed by atoms with Crippen LogP contribution in [0.3, 0.4) is 0 Å². The van der Waals surface area contributed by atoms with Crippen molar-refractivity contribution >= 4 is 5.97 Å². The molecule has 2 aromatic carbocycles. The Labute approximate surface area is 117 Å². The average molecular weight is 272 g/mol. The summed E-state index contributed by atoms with van der Waals surface area (Å²) in [7, 11) is 1.57. The van der Waals surface area contributed by atoms with E-state index in [1.54, 1.807) is 50.4 Å². The molecular formula is C16H16O4. The van der Waals surface area contributed by atoms with E-state index in [0.29, 0.717) is 22.8 Å². The van der Waals surface area contributed by atoms with Crippen molar-refractivity contribution in [2.24, 2.45) is 0 Å². The van der Waals surface area contributed by atoms with Crippen LogP contribution in [-0.2, 0) is 4.79 Å². The molecule has 104 valence electrons. The molecule has 1 unspecified atom stereocenters. The molecule has 2 rings (SSSR count). The van der Waals surface area contributed by atoms with Crippen LogP contribution >= 0.6 is 0 Å². The van der Waals surface area contributed by atoms with E-state index >= 15 is 0 Å². The fourth-order valence-corrected chi connectivity index (χ4v) is 1.82. The summed E-state index contributed by atoms with van der Waals surface area (Å²) in [5.74, 6) is 0.370. The number of carboxylic acid groups (broad SMARTS) is 1. The van der Waals surface area contributed by atoms with Crippen molar-refractivity contribution in [1.29, 1.82) is 0 Å². The molecule has 0 amide bonds. The summed E-state index contributed by atoms with van der Waals surface area (Å²) in [5, 5.41) is 9.04. The summed E-state index contributed by atoms with van der Waals surface area (Å²) in [6.45, 7) is 1.64. The van der Waals surface area contributed by atoms with Crippen LogP contribution in [0.2, 0.25) is 0 Å². The Kier molecular flexibility index (Phi) is 4.25. The van der Waals surface area contributed by atoms with Crippen LogP contribution in [0, 0.1) is 0 Å². The molecule has 0 bridgehead atoms. The lowest BCUT2D eigenvalue weighted by atomic mass is 10.0. The SMILES string of the molecule is COc1ccccc1Oc1cccc(C(C)C(=O)O)c1. The number of hydrogen-bond donors (Lipinski definition) is 1. The molecule has 0 aliphatic carbocycles. The number of hydrogen-bond acceptors (Lipinski definition) is 3. The number of para-hydroxylation sites is 2. The van der Waals surface area contributed by atoms with E-state index in [-0.39, 0.29) is 0 Å². The van der Waals surface area contributed by atoms with Gasteiger partial charge in [0.25, 0.3) is 0 Å². The zero-order chi connectivity index (χ0) is 14.5. The van der Waals surface area contributed by atoms with Gasteiger partial charge < -0.3 is 14.6 Å². The highest BCUT2D eigenvalue weighted by atomic mass is 16.5. The third kappa shape index (κ3) is 3.09. The maximum absolute atomic E-state index is 11.0. The quantitative estimate of drug-likeness (QED) is 0.902. The molecule has 0 aliphatic heterocycles. The molecule has 2 aromatic rings. The van der Waals surface area contributed by atoms with Crippen molar-refractivity contribution in [3.63, 3.8) is 0 Å². The smallest absolute Gasteiger partial charge is 0.310 e. The molecule has 0 radical (unpaired) electrons. The number of carbonyl (C=O) groups is 1. The Bertz CT molecular complexity index is 607. The highest BCUT2D eigenvalue weighted by Gasteiger charge is 2.14. The van der Waals surface area contributed by atoms with Gasteiger partial charge in [0.05, 0.1) is 13.0 Å². The number of carboxylic acids is 1. The summed E-state index contributed by atoms with van der Waals surface area (Å²) in [5.41, 5.74) is 0.699. The second-order valence-electron chi connectivity index (χ2n) is 4.39. The lowest BCUT2D eigenvalue weighted by molar-refractivity contribution is -0.138. The number of methoxy groups -OCH3 is 1. The minimum absolute atomic E-state index is 0.573. The number of ether oxygens (including phenoxy) is 2. The van der Waals surface area contributed by atoms with Gasteiger partial charge in [-0.3, -0.25) is 4.79 Å². The van der Waals surface area contributed by atoms with Gasteiger partial charge in [0.1, 0.15) is 5.75 Å². The van der Waals surface area contributed by atoms with Crippen LogP contribution in [0.15, 0.2) is 48.5 Å². The molecule has 0 spiro atoms. The molecular weight excluding hydrogens is 256 g/mol. The minimum Gasteiger partial charge on any atom is -0.493 e. The topological polar surface area (TPSA) is 55.8 Å². The van der Waals surface area contributed by atoms with Crippen LogP contribution in [-0.4, -0.2) is 18.2 Å². The van der Waals surface area contributed by atoms with E-state index in [4.69, 9.17) is 14.6 Å². The maximum atomic E-state index is 11.0. The summed E-state index contributed by atoms with van der Waals surface area (Å²) in [6, 6.07) is 14.4. The van der Waals surface area contributed by atoms with Crippen LogP contribution in [0.5, 0.6) is 17.2 Å². The van der Waals surface area contributed by atoms with Crippen molar-refractivity contribution in [3.8, 4) is 17.2 Å². The van der Waals surface area contributed by atoms with Crippen LogP contribution < -0.4 is 9.47 Å². The summed E-state index contributed by atoms with van der Waals surface area (Å²) < 4.78 is 11.0. The summed E-state index contributed by atoms with van der Waals surface area (Å²) in [4.78, 5) is 11.0. The van der Waals surface area contributed by atoms with Gasteiger partial charge in [-0.25, -0.2) is 0 Å². The van der Waals surface area contributed by atoms with Gasteiger partial charge in [-0.05, 0) is 36.8 Å². The van der Waals surface area contributed by atoms with Gasteiger partial charge in [0.15, 0.2) is 11.5 Å². The predicted octanol–water partition coefficient (Wildman–Crippen LogP) is 3.68. The molecule has 4 heteroatoms. The average Bonchev–Trinajstić information content (AvgIpc) is 2.47. The van der Waals surface area contributed by atoms with E-state index in [2.05, 4.69) is 0 Å². The molecule has 20 heavy (non-hydrogen) atoms. The third-order valence-corrected chi connectivity index (χ3v) is 3.03. The molecule has 0 saturated heterocycles. The standard InChI is InChI=1S/C16H16O4/c1-11(16(17)18)12-6-5-7-13(10-12)20-15-9-4-3-8-14(15)19-2/h3-11H,1-2H3,(H,17,18). The second kappa shape index (κ2) is 6.10. The molecule has 0 heterocycles. The van der Waals surface area contributed by atoms with Gasteiger partial charge in [-0.2, -0.15) is 0 Å². The van der Waals surface area contributed by atoms with Crippen LogP contribution in [0.1, 0.15) is 18.4 Å². The fourth-order valence-electron chi connectivity index (χ4n) is 1.82. The van der Waals surface area contributed by atoms with E-state index in [0.717, 1.165) is 0 Å². The number of aliphatic carboxylic acids is 1. The van der Waals surface area contributed by atoms with Gasteiger partial charge in [0, 0.05) is 0 Å². The fraction of sp³-hybridized carbons (Fsp3) is 0.188. The van der Waals surface area contributed by atoms with Crippen molar-refractivity contribution in [1.82, 2.24) is 0 Å². The normalized spacial score (nSPS) is 11.7. The van der Waals surface area contributed by atoms with E-state index in [1.807, 2.05) is 12.1 Å². The highest BCUT2D eigenvalue weighted by Crippen LogP contribution is 2.32. The molecule has 1 N–H and O–H groups in total. The Morgan fingerprint density at radius 3 is 2.45 bits per heavy atom. The number of rotatable bonds is 5. The van der Waals surface area contributed by atoms with Gasteiger partial charge >= 0.3 is 5.97 Å². The highest BCUT2D eigenvalue weighted by molar-refractivity contribution is 5.75. The van der Waals surface area contributed by atoms with Gasteiger partial charge in [-0.1, -0.05) is 24.3 Å². The van der Waals surface area contributed by atoms with Crippen molar-refractivity contribution < 1.29 is 19.4 Å². The van der Waals surface area contributed by atoms with Crippen molar-refractivity contribution in [2.45, 2.75) is 12.8 Å². The van der Waals surface area contributed by atoms with Crippen molar-refractivity contribution in [3.05, 3.63) is 54.1 Å². The first kappa shape index (κ1) is 13.9. The van der Waals surface area contributed by atoms with Crippen LogP contribution in [0.25, 0.3) is 0 Å². The summed E-state index contributed by atoms with van der Waals surface area (Å²) in [6.07, 6.45) is 0. The molecule has 0 aliphatic rings. The Balaban J connectivity index is 2.26. The second-order valence-corrected chi connectivity index (χ2v) is 4.39. The Morgan fingerprint density at radius 2 is 1.80 bits per heavy atom. The number of benzene rings is 2. The van der Waals surface area contributed by atoms with Gasteiger partial charge in [-0.15, -0.1) is 0 Å². The molecule has 4 nitrogen and oxygen atoms in total. The van der Waals surface area contributed by atoms with Gasteiger partial charge in [0.2, 0.25) is 0 Å². The maximum Gasteiger partial charge on any atom is 0.310 e. The third-order valence-electron chi connectivity index (χ3n) is 3.03. The molecule has 0 fully saturated rings. The first-order valence-corrected chi connectivity index (χ1v) is 6.25. The van der Waals surface area contributed by atoms with E-state index in [1.165, 1.54) is 0 Å². The summed E-state index contributed by atoms with van der Waals surface area (Å²) >= 11 is 0. The largest absolute Gasteiger partial charge is 0.493 e. The zero-order valence-electron chi connectivity index (χ0n) is 11.4. The Morgan fingerprint density at radius 1 is 1.10 bits per heavy atom. The monoisotopic (exact) mass is 272 g/mol. The van der Waals surface area contributed by atoms with E-state index in [9.17, 15) is 4.79 Å². The van der Waals surface area contributed by atoms with E-state index < -0.39 is 11.9 Å². The lowest BCUT2D eigenvalue weighted by Gasteiger charge is -2.12.